The van der Waals surface area contributed by atoms with Gasteiger partial charge in [-0.05, 0) is 29.8 Å². The van der Waals surface area contributed by atoms with Crippen LogP contribution in [0.3, 0.4) is 0 Å². The fourth-order valence-electron chi connectivity index (χ4n) is 2.74. The number of methoxy groups -OCH3 is 1. The molecule has 30 heavy (non-hydrogen) atoms. The molecule has 0 unspecified atom stereocenters. The summed E-state index contributed by atoms with van der Waals surface area (Å²) in [6, 6.07) is 23.1. The number of ether oxygens (including phenoxy) is 4. The summed E-state index contributed by atoms with van der Waals surface area (Å²) in [6.45, 7) is -0.111. The maximum atomic E-state index is 12.4. The summed E-state index contributed by atoms with van der Waals surface area (Å²) >= 11 is 0. The number of para-hydroxylation sites is 3. The third-order valence-electron chi connectivity index (χ3n) is 4.21. The first-order chi connectivity index (χ1) is 14.7. The van der Waals surface area contributed by atoms with Crippen LogP contribution in [0, 0.1) is 0 Å². The monoisotopic (exact) mass is 406 g/mol. The number of esters is 2. The number of hydrogen-bond donors (Lipinski definition) is 0. The Balaban J connectivity index is 1.56. The zero-order valence-electron chi connectivity index (χ0n) is 16.6. The minimum atomic E-state index is -0.648. The quantitative estimate of drug-likeness (QED) is 0.394. The van der Waals surface area contributed by atoms with Crippen LogP contribution in [-0.4, -0.2) is 32.3 Å². The lowest BCUT2D eigenvalue weighted by atomic mass is 10.2. The molecular weight excluding hydrogens is 384 g/mol. The second kappa shape index (κ2) is 10.7. The molecule has 0 bridgehead atoms. The van der Waals surface area contributed by atoms with E-state index in [0.29, 0.717) is 17.9 Å². The summed E-state index contributed by atoms with van der Waals surface area (Å²) in [5.41, 5.74) is 1.25. The SMILES string of the molecule is COc1ccccc1OCC(=O)Oc1ccccc1C(=O)OCCc1ccccc1. The van der Waals surface area contributed by atoms with Gasteiger partial charge in [0, 0.05) is 6.42 Å². The van der Waals surface area contributed by atoms with Crippen molar-refractivity contribution in [3.63, 3.8) is 0 Å². The molecule has 0 radical (unpaired) electrons. The predicted molar refractivity (Wildman–Crippen MR) is 111 cm³/mol. The highest BCUT2D eigenvalue weighted by molar-refractivity contribution is 5.93. The van der Waals surface area contributed by atoms with Crippen molar-refractivity contribution in [1.29, 1.82) is 0 Å². The summed E-state index contributed by atoms with van der Waals surface area (Å²) in [6.07, 6.45) is 0.598. The van der Waals surface area contributed by atoms with Crippen molar-refractivity contribution in [3.8, 4) is 17.2 Å². The fourth-order valence-corrected chi connectivity index (χ4v) is 2.74. The van der Waals surface area contributed by atoms with Gasteiger partial charge in [0.2, 0.25) is 0 Å². The molecule has 6 nitrogen and oxygen atoms in total. The molecule has 0 aliphatic rings. The van der Waals surface area contributed by atoms with Crippen LogP contribution in [0.2, 0.25) is 0 Å². The third kappa shape index (κ3) is 5.85. The van der Waals surface area contributed by atoms with Crippen molar-refractivity contribution in [2.75, 3.05) is 20.3 Å². The van der Waals surface area contributed by atoms with E-state index < -0.39 is 11.9 Å². The van der Waals surface area contributed by atoms with E-state index in [0.717, 1.165) is 5.56 Å². The normalized spacial score (nSPS) is 10.2. The molecule has 6 heteroatoms. The van der Waals surface area contributed by atoms with Crippen molar-refractivity contribution in [3.05, 3.63) is 90.0 Å². The minimum absolute atomic E-state index is 0.121. The Morgan fingerprint density at radius 2 is 1.40 bits per heavy atom. The number of hydrogen-bond acceptors (Lipinski definition) is 6. The van der Waals surface area contributed by atoms with Crippen LogP contribution in [0.25, 0.3) is 0 Å². The summed E-state index contributed by atoms with van der Waals surface area (Å²) < 4.78 is 21.3. The molecule has 0 atom stereocenters. The molecule has 0 heterocycles. The average Bonchev–Trinajstić information content (AvgIpc) is 2.79. The Morgan fingerprint density at radius 1 is 0.767 bits per heavy atom. The smallest absolute Gasteiger partial charge is 0.349 e. The summed E-state index contributed by atoms with van der Waals surface area (Å²) in [7, 11) is 1.51. The summed E-state index contributed by atoms with van der Waals surface area (Å²) in [5, 5.41) is 0. The Bertz CT molecular complexity index is 984. The van der Waals surface area contributed by atoms with Crippen LogP contribution in [0.4, 0.5) is 0 Å². The molecule has 0 saturated carbocycles. The third-order valence-corrected chi connectivity index (χ3v) is 4.21. The molecular formula is C24H22O6. The largest absolute Gasteiger partial charge is 0.493 e. The van der Waals surface area contributed by atoms with Crippen molar-refractivity contribution < 1.29 is 28.5 Å². The Hall–Kier alpha value is -3.80. The molecule has 0 amide bonds. The number of carbonyl (C=O) groups is 2. The van der Waals surface area contributed by atoms with Crippen LogP contribution >= 0.6 is 0 Å². The Kier molecular flexibility index (Phi) is 7.44. The number of rotatable bonds is 9. The van der Waals surface area contributed by atoms with Crippen molar-refractivity contribution >= 4 is 11.9 Å². The number of carbonyl (C=O) groups excluding carboxylic acids is 2. The van der Waals surface area contributed by atoms with Gasteiger partial charge in [-0.15, -0.1) is 0 Å². The zero-order chi connectivity index (χ0) is 21.2. The lowest BCUT2D eigenvalue weighted by Gasteiger charge is -2.12. The first-order valence-corrected chi connectivity index (χ1v) is 9.44. The highest BCUT2D eigenvalue weighted by Crippen LogP contribution is 2.26. The van der Waals surface area contributed by atoms with Gasteiger partial charge in [0.05, 0.1) is 13.7 Å². The molecule has 3 aromatic carbocycles. The molecule has 0 spiro atoms. The van der Waals surface area contributed by atoms with E-state index in [2.05, 4.69) is 0 Å². The van der Waals surface area contributed by atoms with Crippen LogP contribution in [0.1, 0.15) is 15.9 Å². The van der Waals surface area contributed by atoms with Gasteiger partial charge in [-0.3, -0.25) is 0 Å². The van der Waals surface area contributed by atoms with Gasteiger partial charge >= 0.3 is 11.9 Å². The molecule has 0 aromatic heterocycles. The molecule has 0 N–H and O–H groups in total. The summed E-state index contributed by atoms with van der Waals surface area (Å²) in [4.78, 5) is 24.7. The van der Waals surface area contributed by atoms with Crippen LogP contribution in [0.5, 0.6) is 17.2 Å². The van der Waals surface area contributed by atoms with E-state index in [9.17, 15) is 9.59 Å². The van der Waals surface area contributed by atoms with E-state index >= 15 is 0 Å². The van der Waals surface area contributed by atoms with Gasteiger partial charge in [-0.2, -0.15) is 0 Å². The first-order valence-electron chi connectivity index (χ1n) is 9.44. The highest BCUT2D eigenvalue weighted by atomic mass is 16.6. The molecule has 154 valence electrons. The van der Waals surface area contributed by atoms with Crippen molar-refractivity contribution in [1.82, 2.24) is 0 Å². The molecule has 0 saturated heterocycles. The maximum absolute atomic E-state index is 12.4. The molecule has 0 aliphatic heterocycles. The topological polar surface area (TPSA) is 71.1 Å². The average molecular weight is 406 g/mol. The molecule has 3 aromatic rings. The van der Waals surface area contributed by atoms with E-state index in [4.69, 9.17) is 18.9 Å². The van der Waals surface area contributed by atoms with Crippen LogP contribution in [-0.2, 0) is 16.0 Å². The lowest BCUT2D eigenvalue weighted by Crippen LogP contribution is -2.19. The van der Waals surface area contributed by atoms with E-state index in [1.54, 1.807) is 42.5 Å². The highest BCUT2D eigenvalue weighted by Gasteiger charge is 2.17. The predicted octanol–water partition coefficient (Wildman–Crippen LogP) is 4.08. The maximum Gasteiger partial charge on any atom is 0.349 e. The summed E-state index contributed by atoms with van der Waals surface area (Å²) in [5.74, 6) is -0.153. The second-order valence-corrected chi connectivity index (χ2v) is 6.28. The van der Waals surface area contributed by atoms with E-state index in [-0.39, 0.29) is 24.5 Å². The van der Waals surface area contributed by atoms with Crippen molar-refractivity contribution in [2.45, 2.75) is 6.42 Å². The number of benzene rings is 3. The van der Waals surface area contributed by atoms with E-state index in [1.165, 1.54) is 13.2 Å². The fraction of sp³-hybridized carbons (Fsp3) is 0.167. The van der Waals surface area contributed by atoms with Crippen molar-refractivity contribution in [2.24, 2.45) is 0 Å². The first kappa shape index (κ1) is 20.9. The Morgan fingerprint density at radius 3 is 2.13 bits per heavy atom. The molecule has 0 fully saturated rings. The lowest BCUT2D eigenvalue weighted by molar-refractivity contribution is -0.136. The van der Waals surface area contributed by atoms with Gasteiger partial charge in [0.25, 0.3) is 0 Å². The van der Waals surface area contributed by atoms with Gasteiger partial charge in [0.15, 0.2) is 18.1 Å². The van der Waals surface area contributed by atoms with Gasteiger partial charge in [0.1, 0.15) is 11.3 Å². The minimum Gasteiger partial charge on any atom is -0.493 e. The van der Waals surface area contributed by atoms with Crippen LogP contribution in [0.15, 0.2) is 78.9 Å². The van der Waals surface area contributed by atoms with E-state index in [1.807, 2.05) is 30.3 Å². The zero-order valence-corrected chi connectivity index (χ0v) is 16.6. The second-order valence-electron chi connectivity index (χ2n) is 6.28. The van der Waals surface area contributed by atoms with Gasteiger partial charge < -0.3 is 18.9 Å². The molecule has 3 rings (SSSR count). The van der Waals surface area contributed by atoms with Gasteiger partial charge in [-0.1, -0.05) is 54.6 Å². The van der Waals surface area contributed by atoms with Gasteiger partial charge in [-0.25, -0.2) is 9.59 Å². The van der Waals surface area contributed by atoms with Crippen LogP contribution < -0.4 is 14.2 Å². The molecule has 0 aliphatic carbocycles. The standard InChI is InChI=1S/C24H22O6/c1-27-21-13-7-8-14-22(21)29-17-23(25)30-20-12-6-5-11-19(20)24(26)28-16-15-18-9-3-2-4-10-18/h2-14H,15-17H2,1H3. The Labute approximate surface area is 175 Å².